The molecule has 2 aliphatic rings. The van der Waals surface area contributed by atoms with Gasteiger partial charge in [-0.05, 0) is 45.7 Å². The maximum absolute atomic E-state index is 8.81. The van der Waals surface area contributed by atoms with Gasteiger partial charge in [0.05, 0.1) is 6.10 Å². The summed E-state index contributed by atoms with van der Waals surface area (Å²) in [6.45, 7) is 5.91. The summed E-state index contributed by atoms with van der Waals surface area (Å²) >= 11 is 0. The number of hydrogen-bond acceptors (Lipinski definition) is 4. The summed E-state index contributed by atoms with van der Waals surface area (Å²) in [7, 11) is 1.82. The van der Waals surface area contributed by atoms with Crippen molar-refractivity contribution in [2.45, 2.75) is 64.4 Å². The van der Waals surface area contributed by atoms with Crippen LogP contribution in [0.2, 0.25) is 0 Å². The number of nitrogens with zero attached hydrogens (tertiary/aromatic N) is 1. The predicted molar refractivity (Wildman–Crippen MR) is 85.0 cm³/mol. The molecule has 0 aromatic carbocycles. The van der Waals surface area contributed by atoms with Crippen LogP contribution in [-0.2, 0) is 9.53 Å². The molecule has 1 saturated heterocycles. The quantitative estimate of drug-likeness (QED) is 0.810. The van der Waals surface area contributed by atoms with Gasteiger partial charge >= 0.3 is 0 Å². The molecule has 0 radical (unpaired) electrons. The molecule has 2 fully saturated rings. The Balaban J connectivity index is 0.000000304. The summed E-state index contributed by atoms with van der Waals surface area (Å²) < 4.78 is 5.19. The Morgan fingerprint density at radius 3 is 2.00 bits per heavy atom. The van der Waals surface area contributed by atoms with Crippen molar-refractivity contribution in [3.05, 3.63) is 0 Å². The topological polar surface area (TPSA) is 55.6 Å². The Hall–Kier alpha value is -0.450. The highest BCUT2D eigenvalue weighted by atomic mass is 16.5. The van der Waals surface area contributed by atoms with E-state index in [-0.39, 0.29) is 0 Å². The zero-order valence-electron chi connectivity index (χ0n) is 13.5. The summed E-state index contributed by atoms with van der Waals surface area (Å²) in [4.78, 5) is 11.3. The number of carbonyl (C=O) groups excluding carboxylic acids is 1. The molecule has 0 aromatic heterocycles. The molecule has 1 heterocycles. The van der Waals surface area contributed by atoms with Gasteiger partial charge in [-0.1, -0.05) is 25.7 Å². The molecule has 0 aromatic rings. The van der Waals surface area contributed by atoms with Crippen LogP contribution in [0.1, 0.15) is 58.3 Å². The molecule has 0 unspecified atom stereocenters. The molecule has 1 saturated carbocycles. The average molecular weight is 286 g/mol. The smallest absolute Gasteiger partial charge is 0.116 e. The molecule has 4 heteroatoms. The predicted octanol–water partition coefficient (Wildman–Crippen LogP) is 2.60. The molecule has 2 N–H and O–H groups in total. The Labute approximate surface area is 125 Å². The van der Waals surface area contributed by atoms with E-state index in [0.717, 1.165) is 19.4 Å². The van der Waals surface area contributed by atoms with E-state index >= 15 is 0 Å². The van der Waals surface area contributed by atoms with Crippen molar-refractivity contribution >= 4 is 6.29 Å². The number of ether oxygens (including phenoxy) is 1. The number of aldehydes is 1. The van der Waals surface area contributed by atoms with Crippen molar-refractivity contribution in [1.82, 2.24) is 4.90 Å². The molecule has 0 spiro atoms. The van der Waals surface area contributed by atoms with Gasteiger partial charge in [0, 0.05) is 20.2 Å². The molecule has 20 heavy (non-hydrogen) atoms. The molecule has 0 bridgehead atoms. The van der Waals surface area contributed by atoms with E-state index < -0.39 is 0 Å². The summed E-state index contributed by atoms with van der Waals surface area (Å²) in [5.41, 5.74) is 5.42. The minimum absolute atomic E-state index is 0.587. The third kappa shape index (κ3) is 11.4. The molecule has 120 valence electrons. The van der Waals surface area contributed by atoms with Crippen LogP contribution < -0.4 is 5.73 Å². The SMILES string of the molecule is CC=O.COC1CCCCC1.NCCN1CCCCC1. The monoisotopic (exact) mass is 286 g/mol. The van der Waals surface area contributed by atoms with Gasteiger partial charge in [-0.15, -0.1) is 0 Å². The average Bonchev–Trinajstić information content (AvgIpc) is 2.51. The number of likely N-dealkylation sites (tertiary alicyclic amines) is 1. The fourth-order valence-electron chi connectivity index (χ4n) is 2.67. The first-order chi connectivity index (χ1) is 9.78. The second-order valence-electron chi connectivity index (χ2n) is 5.42. The molecular formula is C16H34N2O2. The molecule has 0 amide bonds. The van der Waals surface area contributed by atoms with E-state index in [1.165, 1.54) is 71.4 Å². The first-order valence-corrected chi connectivity index (χ1v) is 8.13. The van der Waals surface area contributed by atoms with Gasteiger partial charge in [-0.25, -0.2) is 0 Å². The molecule has 4 nitrogen and oxygen atoms in total. The van der Waals surface area contributed by atoms with Gasteiger partial charge in [0.25, 0.3) is 0 Å². The van der Waals surface area contributed by atoms with Crippen molar-refractivity contribution in [3.8, 4) is 0 Å². The van der Waals surface area contributed by atoms with Crippen molar-refractivity contribution in [2.24, 2.45) is 5.73 Å². The minimum atomic E-state index is 0.587. The van der Waals surface area contributed by atoms with Crippen LogP contribution in [0.25, 0.3) is 0 Å². The lowest BCUT2D eigenvalue weighted by Gasteiger charge is -2.25. The Morgan fingerprint density at radius 1 is 1.10 bits per heavy atom. The highest BCUT2D eigenvalue weighted by Gasteiger charge is 2.10. The molecule has 1 aliphatic heterocycles. The van der Waals surface area contributed by atoms with Crippen molar-refractivity contribution in [3.63, 3.8) is 0 Å². The highest BCUT2D eigenvalue weighted by molar-refractivity contribution is 5.44. The van der Waals surface area contributed by atoms with E-state index in [1.54, 1.807) is 0 Å². The number of rotatable bonds is 3. The number of methoxy groups -OCH3 is 1. The van der Waals surface area contributed by atoms with Gasteiger partial charge in [0.2, 0.25) is 0 Å². The maximum Gasteiger partial charge on any atom is 0.116 e. The van der Waals surface area contributed by atoms with E-state index in [2.05, 4.69) is 4.90 Å². The Bertz CT molecular complexity index is 198. The highest BCUT2D eigenvalue weighted by Crippen LogP contribution is 2.19. The van der Waals surface area contributed by atoms with Gasteiger partial charge in [0.15, 0.2) is 0 Å². The first kappa shape index (κ1) is 19.6. The van der Waals surface area contributed by atoms with Crippen LogP contribution in [0.15, 0.2) is 0 Å². The number of hydrogen-bond donors (Lipinski definition) is 1. The second-order valence-corrected chi connectivity index (χ2v) is 5.42. The lowest BCUT2D eigenvalue weighted by molar-refractivity contribution is -0.106. The largest absolute Gasteiger partial charge is 0.381 e. The van der Waals surface area contributed by atoms with E-state index in [4.69, 9.17) is 15.3 Å². The number of nitrogens with two attached hydrogens (primary N) is 1. The summed E-state index contributed by atoms with van der Waals surface area (Å²) in [5.74, 6) is 0. The van der Waals surface area contributed by atoms with E-state index in [9.17, 15) is 0 Å². The number of piperidine rings is 1. The van der Waals surface area contributed by atoms with Crippen molar-refractivity contribution in [1.29, 1.82) is 0 Å². The summed E-state index contributed by atoms with van der Waals surface area (Å²) in [5, 5.41) is 0. The van der Waals surface area contributed by atoms with Crippen LogP contribution >= 0.6 is 0 Å². The zero-order valence-corrected chi connectivity index (χ0v) is 13.5. The third-order valence-electron chi connectivity index (χ3n) is 3.78. The van der Waals surface area contributed by atoms with Gasteiger partial charge in [-0.2, -0.15) is 0 Å². The third-order valence-corrected chi connectivity index (χ3v) is 3.78. The standard InChI is InChI=1S/C7H16N2.C7H14O.C2H4O/c8-4-7-9-5-2-1-3-6-9;1-8-7-5-3-2-4-6-7;1-2-3/h1-8H2;7H,2-6H2,1H3;2H,1H3. The lowest BCUT2D eigenvalue weighted by Crippen LogP contribution is -2.33. The van der Waals surface area contributed by atoms with Crippen molar-refractivity contribution < 1.29 is 9.53 Å². The van der Waals surface area contributed by atoms with Crippen molar-refractivity contribution in [2.75, 3.05) is 33.3 Å². The van der Waals surface area contributed by atoms with Crippen LogP contribution in [0, 0.1) is 0 Å². The van der Waals surface area contributed by atoms with E-state index in [0.29, 0.717) is 6.10 Å². The van der Waals surface area contributed by atoms with Crippen LogP contribution in [-0.4, -0.2) is 50.6 Å². The van der Waals surface area contributed by atoms with Crippen LogP contribution in [0.5, 0.6) is 0 Å². The minimum Gasteiger partial charge on any atom is -0.381 e. The first-order valence-electron chi connectivity index (χ1n) is 8.13. The van der Waals surface area contributed by atoms with E-state index in [1.807, 2.05) is 7.11 Å². The van der Waals surface area contributed by atoms with Gasteiger partial charge in [-0.3, -0.25) is 0 Å². The maximum atomic E-state index is 8.81. The van der Waals surface area contributed by atoms with Gasteiger partial charge < -0.3 is 20.2 Å². The normalized spacial score (nSPS) is 20.1. The molecule has 0 atom stereocenters. The zero-order chi connectivity index (χ0) is 15.1. The molecule has 2 rings (SSSR count). The molecular weight excluding hydrogens is 252 g/mol. The second kappa shape index (κ2) is 14.9. The lowest BCUT2D eigenvalue weighted by atomic mass is 9.98. The summed E-state index contributed by atoms with van der Waals surface area (Å²) in [6.07, 6.45) is 12.2. The fourth-order valence-corrected chi connectivity index (χ4v) is 2.67. The summed E-state index contributed by atoms with van der Waals surface area (Å²) in [6, 6.07) is 0. The fraction of sp³-hybridized carbons (Fsp3) is 0.938. The van der Waals surface area contributed by atoms with Crippen LogP contribution in [0.4, 0.5) is 0 Å². The molecule has 1 aliphatic carbocycles. The number of carbonyl (C=O) groups is 1. The van der Waals surface area contributed by atoms with Gasteiger partial charge in [0.1, 0.15) is 6.29 Å². The Kier molecular flexibility index (Phi) is 14.6. The van der Waals surface area contributed by atoms with Crippen LogP contribution in [0.3, 0.4) is 0 Å². The Morgan fingerprint density at radius 2 is 1.60 bits per heavy atom.